The number of benzene rings is 1. The van der Waals surface area contributed by atoms with Crippen LogP contribution in [0.4, 0.5) is 10.1 Å². The van der Waals surface area contributed by atoms with Crippen molar-refractivity contribution in [3.8, 4) is 11.3 Å². The standard InChI is InChI=1S/C33H33FN8O4/c1-16(2)42-30-23(13-37-42)29(36-14-25(30)34)24-15-40(39-28(24)18-3-4-18)20-9-17(10-20)12-35-19-5-6-21-22(11-19)33(46)41(32(21)45)26-7-8-27(43)38-31(26)44/h5-6,11,13-18,20,26,35H,3-4,7-10,12H2,1-2H3,(H,38,43,44)/t17-,20-,26?. The third kappa shape index (κ3) is 4.59. The van der Waals surface area contributed by atoms with Gasteiger partial charge >= 0.3 is 0 Å². The molecule has 8 rings (SSSR count). The fraction of sp³-hybridized carbons (Fsp3) is 0.424. The van der Waals surface area contributed by atoms with Crippen molar-refractivity contribution in [3.05, 3.63) is 59.4 Å². The average molecular weight is 625 g/mol. The number of imide groups is 2. The number of aromatic nitrogens is 5. The summed E-state index contributed by atoms with van der Waals surface area (Å²) in [5, 5.41) is 15.8. The topological polar surface area (TPSA) is 144 Å². The Kier molecular flexibility index (Phi) is 6.55. The van der Waals surface area contributed by atoms with Crippen molar-refractivity contribution in [1.29, 1.82) is 0 Å². The second-order valence-corrected chi connectivity index (χ2v) is 13.2. The van der Waals surface area contributed by atoms with E-state index in [9.17, 15) is 23.6 Å². The lowest BCUT2D eigenvalue weighted by molar-refractivity contribution is -0.136. The van der Waals surface area contributed by atoms with Gasteiger partial charge in [-0.1, -0.05) is 0 Å². The van der Waals surface area contributed by atoms with Crippen molar-refractivity contribution in [2.24, 2.45) is 5.92 Å². The lowest BCUT2D eigenvalue weighted by Crippen LogP contribution is -2.54. The van der Waals surface area contributed by atoms with Crippen molar-refractivity contribution in [1.82, 2.24) is 34.8 Å². The Balaban J connectivity index is 0.947. The van der Waals surface area contributed by atoms with Gasteiger partial charge in [-0.25, -0.2) is 4.39 Å². The van der Waals surface area contributed by atoms with Crippen LogP contribution < -0.4 is 10.6 Å². The zero-order chi connectivity index (χ0) is 31.9. The molecular formula is C33H33FN8O4. The Labute approximate surface area is 263 Å². The second kappa shape index (κ2) is 10.6. The summed E-state index contributed by atoms with van der Waals surface area (Å²) in [6.45, 7) is 4.64. The van der Waals surface area contributed by atoms with E-state index in [0.29, 0.717) is 29.3 Å². The van der Waals surface area contributed by atoms with E-state index in [2.05, 4.69) is 26.9 Å². The molecule has 3 aromatic heterocycles. The highest BCUT2D eigenvalue weighted by atomic mass is 19.1. The lowest BCUT2D eigenvalue weighted by atomic mass is 9.80. The summed E-state index contributed by atoms with van der Waals surface area (Å²) >= 11 is 0. The van der Waals surface area contributed by atoms with Gasteiger partial charge in [-0.05, 0) is 70.1 Å². The van der Waals surface area contributed by atoms with E-state index < -0.39 is 29.7 Å². The van der Waals surface area contributed by atoms with Crippen molar-refractivity contribution in [2.75, 3.05) is 11.9 Å². The summed E-state index contributed by atoms with van der Waals surface area (Å²) in [4.78, 5) is 55.5. The van der Waals surface area contributed by atoms with Crippen LogP contribution in [0.1, 0.15) is 96.8 Å². The number of carbonyl (C=O) groups is 4. The predicted octanol–water partition coefficient (Wildman–Crippen LogP) is 4.36. The number of halogens is 1. The third-order valence-electron chi connectivity index (χ3n) is 9.67. The van der Waals surface area contributed by atoms with Gasteiger partial charge in [0.2, 0.25) is 11.8 Å². The highest BCUT2D eigenvalue weighted by molar-refractivity contribution is 6.23. The van der Waals surface area contributed by atoms with E-state index >= 15 is 0 Å². The first-order chi connectivity index (χ1) is 22.2. The molecule has 4 aromatic rings. The molecule has 1 atom stereocenters. The molecule has 0 spiro atoms. The molecule has 2 saturated carbocycles. The van der Waals surface area contributed by atoms with E-state index in [1.165, 1.54) is 6.20 Å². The van der Waals surface area contributed by atoms with Crippen LogP contribution >= 0.6 is 0 Å². The van der Waals surface area contributed by atoms with E-state index in [-0.39, 0.29) is 41.9 Å². The predicted molar refractivity (Wildman–Crippen MR) is 164 cm³/mol. The Bertz CT molecular complexity index is 1950. The van der Waals surface area contributed by atoms with Crippen LogP contribution in [0, 0.1) is 11.7 Å². The molecule has 13 heteroatoms. The summed E-state index contributed by atoms with van der Waals surface area (Å²) in [7, 11) is 0. The molecule has 46 heavy (non-hydrogen) atoms. The van der Waals surface area contributed by atoms with Crippen LogP contribution in [-0.2, 0) is 9.59 Å². The Morgan fingerprint density at radius 1 is 1.02 bits per heavy atom. The zero-order valence-electron chi connectivity index (χ0n) is 25.5. The number of nitrogens with one attached hydrogen (secondary N) is 2. The average Bonchev–Trinajstić information content (AvgIpc) is 3.50. The van der Waals surface area contributed by atoms with Crippen LogP contribution in [0.3, 0.4) is 0 Å². The van der Waals surface area contributed by atoms with E-state index in [1.54, 1.807) is 29.1 Å². The van der Waals surface area contributed by atoms with Crippen LogP contribution in [0.25, 0.3) is 22.2 Å². The molecule has 5 heterocycles. The first-order valence-electron chi connectivity index (χ1n) is 15.9. The highest BCUT2D eigenvalue weighted by Crippen LogP contribution is 2.46. The van der Waals surface area contributed by atoms with Gasteiger partial charge in [-0.15, -0.1) is 0 Å². The van der Waals surface area contributed by atoms with Crippen LogP contribution in [0.5, 0.6) is 0 Å². The maximum absolute atomic E-state index is 14.9. The van der Waals surface area contributed by atoms with E-state index in [1.807, 2.05) is 18.5 Å². The lowest BCUT2D eigenvalue weighted by Gasteiger charge is -2.35. The van der Waals surface area contributed by atoms with Crippen LogP contribution in [0.2, 0.25) is 0 Å². The summed E-state index contributed by atoms with van der Waals surface area (Å²) < 4.78 is 18.6. The first-order valence-corrected chi connectivity index (χ1v) is 15.9. The van der Waals surface area contributed by atoms with E-state index in [4.69, 9.17) is 5.10 Å². The molecule has 1 unspecified atom stereocenters. The summed E-state index contributed by atoms with van der Waals surface area (Å²) in [5.74, 6) is -1.68. The molecule has 12 nitrogen and oxygen atoms in total. The number of amides is 4. The number of piperidine rings is 1. The molecule has 4 aliphatic rings. The Morgan fingerprint density at radius 2 is 1.80 bits per heavy atom. The van der Waals surface area contributed by atoms with Crippen molar-refractivity contribution in [2.45, 2.75) is 76.4 Å². The molecule has 2 N–H and O–H groups in total. The molecule has 2 aliphatic heterocycles. The van der Waals surface area contributed by atoms with E-state index in [0.717, 1.165) is 53.2 Å². The molecule has 236 valence electrons. The normalized spacial score (nSPS) is 22.9. The van der Waals surface area contributed by atoms with Gasteiger partial charge in [0.25, 0.3) is 11.8 Å². The monoisotopic (exact) mass is 624 g/mol. The fourth-order valence-electron chi connectivity index (χ4n) is 6.99. The summed E-state index contributed by atoms with van der Waals surface area (Å²) in [6, 6.07) is 4.31. The summed E-state index contributed by atoms with van der Waals surface area (Å²) in [5.41, 5.74) is 4.38. The number of pyridine rings is 1. The molecule has 4 amide bonds. The number of rotatable bonds is 8. The molecular weight excluding hydrogens is 591 g/mol. The van der Waals surface area contributed by atoms with Gasteiger partial charge in [0.1, 0.15) is 11.6 Å². The van der Waals surface area contributed by atoms with Gasteiger partial charge in [0.05, 0.1) is 41.0 Å². The summed E-state index contributed by atoms with van der Waals surface area (Å²) in [6.07, 6.45) is 9.25. The molecule has 2 aliphatic carbocycles. The highest BCUT2D eigenvalue weighted by Gasteiger charge is 2.45. The molecule has 3 fully saturated rings. The third-order valence-corrected chi connectivity index (χ3v) is 9.67. The van der Waals surface area contributed by atoms with Crippen molar-refractivity contribution < 1.29 is 23.6 Å². The minimum atomic E-state index is -0.987. The second-order valence-electron chi connectivity index (χ2n) is 13.2. The minimum absolute atomic E-state index is 0.0145. The fourth-order valence-corrected chi connectivity index (χ4v) is 6.99. The molecule has 1 aromatic carbocycles. The quantitative estimate of drug-likeness (QED) is 0.275. The SMILES string of the molecule is CC(C)n1ncc2c(-c3cn([C@H]4C[C@H](CNc5ccc6c(c5)C(=O)N(C5CCC(=O)NC5=O)C6=O)C4)nc3C3CC3)ncc(F)c21. The van der Waals surface area contributed by atoms with Crippen LogP contribution in [-0.4, -0.2) is 65.7 Å². The largest absolute Gasteiger partial charge is 0.385 e. The first kappa shape index (κ1) is 28.5. The van der Waals surface area contributed by atoms with Gasteiger partial charge in [-0.3, -0.25) is 43.7 Å². The van der Waals surface area contributed by atoms with Crippen molar-refractivity contribution >= 4 is 40.2 Å². The Hall–Kier alpha value is -4.94. The minimum Gasteiger partial charge on any atom is -0.385 e. The van der Waals surface area contributed by atoms with Gasteiger partial charge in [0.15, 0.2) is 5.82 Å². The number of carbonyl (C=O) groups excluding carboxylic acids is 4. The number of hydrogen-bond acceptors (Lipinski definition) is 8. The smallest absolute Gasteiger partial charge is 0.262 e. The van der Waals surface area contributed by atoms with Gasteiger partial charge < -0.3 is 5.32 Å². The molecule has 0 radical (unpaired) electrons. The van der Waals surface area contributed by atoms with Crippen LogP contribution in [0.15, 0.2) is 36.8 Å². The Morgan fingerprint density at radius 3 is 2.54 bits per heavy atom. The number of fused-ring (bicyclic) bond motifs is 2. The number of anilines is 1. The number of hydrogen-bond donors (Lipinski definition) is 2. The van der Waals surface area contributed by atoms with Crippen molar-refractivity contribution in [3.63, 3.8) is 0 Å². The van der Waals surface area contributed by atoms with Gasteiger partial charge in [0, 0.05) is 47.8 Å². The molecule has 1 saturated heterocycles. The zero-order valence-corrected chi connectivity index (χ0v) is 25.5. The number of nitrogens with zero attached hydrogens (tertiary/aromatic N) is 6. The molecule has 0 bridgehead atoms. The van der Waals surface area contributed by atoms with Gasteiger partial charge in [-0.2, -0.15) is 10.2 Å². The maximum atomic E-state index is 14.9. The maximum Gasteiger partial charge on any atom is 0.262 e.